The molecular weight excluding hydrogens is 441 g/mol. The molecular formula is C20H20FN5O3S2. The van der Waals surface area contributed by atoms with E-state index in [4.69, 9.17) is 0 Å². The smallest absolute Gasteiger partial charge is 0.233 e. The van der Waals surface area contributed by atoms with Crippen LogP contribution in [0.3, 0.4) is 0 Å². The Labute approximate surface area is 183 Å². The topological polar surface area (TPSA) is 98.1 Å². The van der Waals surface area contributed by atoms with Gasteiger partial charge in [-0.25, -0.2) is 12.8 Å². The van der Waals surface area contributed by atoms with Crippen LogP contribution in [0.2, 0.25) is 0 Å². The van der Waals surface area contributed by atoms with Crippen molar-refractivity contribution in [2.75, 3.05) is 24.3 Å². The van der Waals surface area contributed by atoms with Crippen LogP contribution in [0.15, 0.2) is 53.9 Å². The molecule has 2 aromatic heterocycles. The van der Waals surface area contributed by atoms with E-state index in [1.165, 1.54) is 11.0 Å². The predicted molar refractivity (Wildman–Crippen MR) is 115 cm³/mol. The highest BCUT2D eigenvalue weighted by molar-refractivity contribution is 7.99. The molecule has 4 rings (SSSR count). The molecule has 1 amide bonds. The highest BCUT2D eigenvalue weighted by Gasteiger charge is 2.32. The van der Waals surface area contributed by atoms with Crippen LogP contribution in [-0.2, 0) is 14.6 Å². The van der Waals surface area contributed by atoms with Crippen LogP contribution in [0.5, 0.6) is 0 Å². The molecule has 0 radical (unpaired) electrons. The lowest BCUT2D eigenvalue weighted by molar-refractivity contribution is -0.128. The van der Waals surface area contributed by atoms with E-state index in [-0.39, 0.29) is 34.9 Å². The van der Waals surface area contributed by atoms with E-state index < -0.39 is 15.7 Å². The van der Waals surface area contributed by atoms with Crippen LogP contribution in [0.4, 0.5) is 4.39 Å². The van der Waals surface area contributed by atoms with Gasteiger partial charge in [0.05, 0.1) is 22.9 Å². The summed E-state index contributed by atoms with van der Waals surface area (Å²) in [7, 11) is -1.48. The van der Waals surface area contributed by atoms with Gasteiger partial charge < -0.3 is 4.90 Å². The summed E-state index contributed by atoms with van der Waals surface area (Å²) in [6.45, 7) is 0. The average Bonchev–Trinajstić information content (AvgIpc) is 3.35. The van der Waals surface area contributed by atoms with Crippen LogP contribution in [0.1, 0.15) is 6.42 Å². The van der Waals surface area contributed by atoms with Gasteiger partial charge in [-0.1, -0.05) is 23.9 Å². The summed E-state index contributed by atoms with van der Waals surface area (Å²) in [5.41, 5.74) is 0.918. The van der Waals surface area contributed by atoms with Crippen molar-refractivity contribution in [3.8, 4) is 17.1 Å². The standard InChI is InChI=1S/C20H20FN5O3S2/c1-25(15-8-10-31(28,29)13-15)18(27)12-30-20-24-23-19(14-5-4-9-22-11-14)26(20)17-7-3-2-6-16(17)21/h2-7,9,11,15H,8,10,12-13H2,1H3/t15-/m0/s1. The zero-order valence-corrected chi connectivity index (χ0v) is 18.3. The molecule has 0 bridgehead atoms. The monoisotopic (exact) mass is 461 g/mol. The Morgan fingerprint density at radius 3 is 2.74 bits per heavy atom. The van der Waals surface area contributed by atoms with Crippen molar-refractivity contribution in [2.24, 2.45) is 0 Å². The van der Waals surface area contributed by atoms with Gasteiger partial charge in [0.25, 0.3) is 0 Å². The van der Waals surface area contributed by atoms with Crippen molar-refractivity contribution in [3.05, 3.63) is 54.6 Å². The largest absolute Gasteiger partial charge is 0.341 e. The molecule has 1 aliphatic rings. The molecule has 162 valence electrons. The zero-order chi connectivity index (χ0) is 22.0. The van der Waals surface area contributed by atoms with Crippen LogP contribution >= 0.6 is 11.8 Å². The number of nitrogens with zero attached hydrogens (tertiary/aromatic N) is 5. The van der Waals surface area contributed by atoms with Gasteiger partial charge in [0, 0.05) is 31.0 Å². The number of rotatable bonds is 6. The maximum absolute atomic E-state index is 14.6. The fourth-order valence-electron chi connectivity index (χ4n) is 3.41. The third-order valence-electron chi connectivity index (χ3n) is 5.12. The summed E-state index contributed by atoms with van der Waals surface area (Å²) in [6, 6.07) is 9.47. The van der Waals surface area contributed by atoms with Crippen molar-refractivity contribution in [3.63, 3.8) is 0 Å². The normalized spacial score (nSPS) is 17.5. The van der Waals surface area contributed by atoms with Crippen LogP contribution in [0.25, 0.3) is 17.1 Å². The quantitative estimate of drug-likeness (QED) is 0.519. The Hall–Kier alpha value is -2.79. The van der Waals surface area contributed by atoms with Crippen LogP contribution in [0, 0.1) is 5.82 Å². The van der Waals surface area contributed by atoms with Gasteiger partial charge in [-0.05, 0) is 30.7 Å². The molecule has 8 nitrogen and oxygen atoms in total. The third-order valence-corrected chi connectivity index (χ3v) is 7.78. The maximum Gasteiger partial charge on any atom is 0.233 e. The summed E-state index contributed by atoms with van der Waals surface area (Å²) in [4.78, 5) is 18.2. The second-order valence-electron chi connectivity index (χ2n) is 7.18. The zero-order valence-electron chi connectivity index (χ0n) is 16.7. The van der Waals surface area contributed by atoms with Crippen molar-refractivity contribution < 1.29 is 17.6 Å². The van der Waals surface area contributed by atoms with Gasteiger partial charge in [-0.15, -0.1) is 10.2 Å². The SMILES string of the molecule is CN(C(=O)CSc1nnc(-c2cccnc2)n1-c1ccccc1F)[C@H]1CCS(=O)(=O)C1. The molecule has 1 saturated heterocycles. The molecule has 3 heterocycles. The van der Waals surface area contributed by atoms with E-state index in [0.29, 0.717) is 23.0 Å². The summed E-state index contributed by atoms with van der Waals surface area (Å²) >= 11 is 1.12. The molecule has 0 spiro atoms. The minimum Gasteiger partial charge on any atom is -0.341 e. The molecule has 0 saturated carbocycles. The first-order valence-corrected chi connectivity index (χ1v) is 12.4. The molecule has 1 aromatic carbocycles. The number of aromatic nitrogens is 4. The molecule has 0 unspecified atom stereocenters. The fraction of sp³-hybridized carbons (Fsp3) is 0.300. The minimum absolute atomic E-state index is 0.0174. The van der Waals surface area contributed by atoms with E-state index in [9.17, 15) is 17.6 Å². The van der Waals surface area contributed by atoms with Gasteiger partial charge in [-0.2, -0.15) is 0 Å². The third kappa shape index (κ3) is 4.62. The van der Waals surface area contributed by atoms with E-state index in [1.807, 2.05) is 0 Å². The highest BCUT2D eigenvalue weighted by atomic mass is 32.2. The molecule has 0 N–H and O–H groups in total. The Morgan fingerprint density at radius 1 is 1.26 bits per heavy atom. The lowest BCUT2D eigenvalue weighted by atomic mass is 10.2. The molecule has 0 aliphatic carbocycles. The van der Waals surface area contributed by atoms with Crippen LogP contribution in [-0.4, -0.2) is 69.3 Å². The van der Waals surface area contributed by atoms with Gasteiger partial charge in [0.2, 0.25) is 5.91 Å². The van der Waals surface area contributed by atoms with E-state index in [1.54, 1.807) is 54.3 Å². The number of benzene rings is 1. The minimum atomic E-state index is -3.09. The number of carbonyl (C=O) groups is 1. The van der Waals surface area contributed by atoms with Gasteiger partial charge >= 0.3 is 0 Å². The first-order valence-electron chi connectivity index (χ1n) is 9.55. The first-order chi connectivity index (χ1) is 14.9. The molecule has 11 heteroatoms. The maximum atomic E-state index is 14.6. The van der Waals surface area contributed by atoms with E-state index in [0.717, 1.165) is 11.8 Å². The molecule has 1 atom stereocenters. The van der Waals surface area contributed by atoms with Crippen LogP contribution < -0.4 is 0 Å². The lowest BCUT2D eigenvalue weighted by Crippen LogP contribution is -2.38. The predicted octanol–water partition coefficient (Wildman–Crippen LogP) is 2.21. The van der Waals surface area contributed by atoms with E-state index in [2.05, 4.69) is 15.2 Å². The molecule has 1 fully saturated rings. The van der Waals surface area contributed by atoms with Gasteiger partial charge in [-0.3, -0.25) is 14.3 Å². The molecule has 1 aliphatic heterocycles. The Morgan fingerprint density at radius 2 is 2.06 bits per heavy atom. The summed E-state index contributed by atoms with van der Waals surface area (Å²) in [5, 5.41) is 8.73. The summed E-state index contributed by atoms with van der Waals surface area (Å²) in [5.74, 6) is -0.169. The molecule has 31 heavy (non-hydrogen) atoms. The van der Waals surface area contributed by atoms with E-state index >= 15 is 0 Å². The Bertz CT molecular complexity index is 1200. The number of pyridine rings is 1. The van der Waals surface area contributed by atoms with Gasteiger partial charge in [0.1, 0.15) is 5.82 Å². The second kappa shape index (κ2) is 8.75. The Balaban J connectivity index is 1.60. The summed E-state index contributed by atoms with van der Waals surface area (Å²) in [6.07, 6.45) is 3.67. The summed E-state index contributed by atoms with van der Waals surface area (Å²) < 4.78 is 39.6. The Kier molecular flexibility index (Phi) is 6.05. The average molecular weight is 462 g/mol. The molecule has 3 aromatic rings. The number of carbonyl (C=O) groups excluding carboxylic acids is 1. The van der Waals surface area contributed by atoms with Crippen molar-refractivity contribution in [1.82, 2.24) is 24.6 Å². The number of thioether (sulfide) groups is 1. The second-order valence-corrected chi connectivity index (χ2v) is 10.4. The lowest BCUT2D eigenvalue weighted by Gasteiger charge is -2.23. The number of halogens is 1. The number of hydrogen-bond donors (Lipinski definition) is 0. The number of amides is 1. The van der Waals surface area contributed by atoms with Crippen molar-refractivity contribution in [1.29, 1.82) is 0 Å². The van der Waals surface area contributed by atoms with Crippen molar-refractivity contribution >= 4 is 27.5 Å². The highest BCUT2D eigenvalue weighted by Crippen LogP contribution is 2.29. The fourth-order valence-corrected chi connectivity index (χ4v) is 6.05. The van der Waals surface area contributed by atoms with Crippen molar-refractivity contribution in [2.45, 2.75) is 17.6 Å². The number of sulfone groups is 1. The first kappa shape index (κ1) is 21.4. The van der Waals surface area contributed by atoms with Gasteiger partial charge in [0.15, 0.2) is 20.8 Å². The number of para-hydroxylation sites is 1. The number of hydrogen-bond acceptors (Lipinski definition) is 7.